The van der Waals surface area contributed by atoms with Crippen LogP contribution in [-0.4, -0.2) is 23.7 Å². The van der Waals surface area contributed by atoms with E-state index in [-0.39, 0.29) is 11.8 Å². The van der Waals surface area contributed by atoms with Gasteiger partial charge in [0.15, 0.2) is 11.5 Å². The van der Waals surface area contributed by atoms with Gasteiger partial charge < -0.3 is 15.2 Å². The van der Waals surface area contributed by atoms with Crippen molar-refractivity contribution < 1.29 is 9.84 Å². The fraction of sp³-hybridized carbons (Fsp3) is 0.357. The highest BCUT2D eigenvalue weighted by atomic mass is 32.1. The molecule has 1 aromatic heterocycles. The number of ether oxygens (including phenoxy) is 1. The van der Waals surface area contributed by atoms with E-state index >= 15 is 0 Å². The van der Waals surface area contributed by atoms with Crippen molar-refractivity contribution in [2.24, 2.45) is 0 Å². The third-order valence-electron chi connectivity index (χ3n) is 2.89. The van der Waals surface area contributed by atoms with Crippen LogP contribution < -0.4 is 10.1 Å². The SMILES string of the molecule is CCOc1cc(-c2ncc(C(C)NC)s2)ccc1O. The van der Waals surface area contributed by atoms with E-state index in [1.54, 1.807) is 17.4 Å². The highest BCUT2D eigenvalue weighted by molar-refractivity contribution is 7.15. The van der Waals surface area contributed by atoms with Crippen LogP contribution in [0.1, 0.15) is 24.8 Å². The highest BCUT2D eigenvalue weighted by Gasteiger charge is 2.11. The smallest absolute Gasteiger partial charge is 0.161 e. The first-order valence-electron chi connectivity index (χ1n) is 6.24. The second-order valence-electron chi connectivity index (χ2n) is 4.19. The summed E-state index contributed by atoms with van der Waals surface area (Å²) in [7, 11) is 1.93. The molecule has 0 amide bonds. The third kappa shape index (κ3) is 3.05. The van der Waals surface area contributed by atoms with Crippen LogP contribution in [0.5, 0.6) is 11.5 Å². The fourth-order valence-corrected chi connectivity index (χ4v) is 2.65. The van der Waals surface area contributed by atoms with Crippen molar-refractivity contribution in [2.75, 3.05) is 13.7 Å². The van der Waals surface area contributed by atoms with Crippen molar-refractivity contribution in [1.82, 2.24) is 10.3 Å². The van der Waals surface area contributed by atoms with Gasteiger partial charge in [0.2, 0.25) is 0 Å². The van der Waals surface area contributed by atoms with Crippen LogP contribution in [-0.2, 0) is 0 Å². The van der Waals surface area contributed by atoms with Crippen LogP contribution in [0.4, 0.5) is 0 Å². The number of hydrogen-bond acceptors (Lipinski definition) is 5. The molecule has 19 heavy (non-hydrogen) atoms. The largest absolute Gasteiger partial charge is 0.504 e. The molecule has 0 spiro atoms. The Morgan fingerprint density at radius 1 is 1.47 bits per heavy atom. The Bertz CT molecular complexity index is 554. The number of aromatic nitrogens is 1. The summed E-state index contributed by atoms with van der Waals surface area (Å²) in [5, 5.41) is 13.8. The van der Waals surface area contributed by atoms with Gasteiger partial charge in [-0.05, 0) is 39.1 Å². The number of aromatic hydroxyl groups is 1. The molecule has 1 unspecified atom stereocenters. The molecule has 0 aliphatic rings. The van der Waals surface area contributed by atoms with Crippen LogP contribution in [0.25, 0.3) is 10.6 Å². The lowest BCUT2D eigenvalue weighted by molar-refractivity contribution is 0.318. The standard InChI is InChI=1S/C14H18N2O2S/c1-4-18-12-7-10(5-6-11(12)17)14-16-8-13(19-14)9(2)15-3/h5-9,15,17H,4H2,1-3H3. The molecule has 1 aromatic carbocycles. The number of hydrogen-bond donors (Lipinski definition) is 2. The summed E-state index contributed by atoms with van der Waals surface area (Å²) in [4.78, 5) is 5.61. The molecule has 0 aliphatic carbocycles. The zero-order valence-corrected chi connectivity index (χ0v) is 12.1. The van der Waals surface area contributed by atoms with Crippen molar-refractivity contribution in [3.63, 3.8) is 0 Å². The first-order chi connectivity index (χ1) is 9.15. The molecule has 0 bridgehead atoms. The van der Waals surface area contributed by atoms with Crippen LogP contribution in [0.3, 0.4) is 0 Å². The van der Waals surface area contributed by atoms with Crippen LogP contribution in [0.2, 0.25) is 0 Å². The van der Waals surface area contributed by atoms with E-state index in [4.69, 9.17) is 4.74 Å². The molecular formula is C14H18N2O2S. The van der Waals surface area contributed by atoms with Gasteiger partial charge >= 0.3 is 0 Å². The lowest BCUT2D eigenvalue weighted by atomic mass is 10.2. The van der Waals surface area contributed by atoms with Crippen molar-refractivity contribution in [3.05, 3.63) is 29.3 Å². The molecule has 0 aliphatic heterocycles. The minimum atomic E-state index is 0.158. The zero-order valence-electron chi connectivity index (χ0n) is 11.3. The predicted octanol–water partition coefficient (Wildman–Crippen LogP) is 3.19. The quantitative estimate of drug-likeness (QED) is 0.882. The molecular weight excluding hydrogens is 260 g/mol. The number of nitrogens with one attached hydrogen (secondary N) is 1. The molecule has 0 fully saturated rings. The number of phenols is 1. The minimum Gasteiger partial charge on any atom is -0.504 e. The summed E-state index contributed by atoms with van der Waals surface area (Å²) >= 11 is 1.64. The normalized spacial score (nSPS) is 12.4. The topological polar surface area (TPSA) is 54.4 Å². The van der Waals surface area contributed by atoms with Gasteiger partial charge in [0.05, 0.1) is 6.61 Å². The Morgan fingerprint density at radius 3 is 2.95 bits per heavy atom. The van der Waals surface area contributed by atoms with Crippen molar-refractivity contribution in [2.45, 2.75) is 19.9 Å². The van der Waals surface area contributed by atoms with Crippen molar-refractivity contribution in [1.29, 1.82) is 0 Å². The number of nitrogens with zero attached hydrogens (tertiary/aromatic N) is 1. The summed E-state index contributed by atoms with van der Waals surface area (Å²) in [6.07, 6.45) is 1.88. The molecule has 102 valence electrons. The zero-order chi connectivity index (χ0) is 13.8. The first-order valence-corrected chi connectivity index (χ1v) is 7.06. The summed E-state index contributed by atoms with van der Waals surface area (Å²) in [5.41, 5.74) is 0.959. The molecule has 0 radical (unpaired) electrons. The summed E-state index contributed by atoms with van der Waals surface area (Å²) in [6.45, 7) is 4.51. The van der Waals surface area contributed by atoms with E-state index in [0.717, 1.165) is 10.6 Å². The maximum atomic E-state index is 9.69. The molecule has 2 N–H and O–H groups in total. The van der Waals surface area contributed by atoms with E-state index in [2.05, 4.69) is 17.2 Å². The lowest BCUT2D eigenvalue weighted by Crippen LogP contribution is -2.10. The van der Waals surface area contributed by atoms with Gasteiger partial charge in [0, 0.05) is 22.7 Å². The van der Waals surface area contributed by atoms with Crippen molar-refractivity contribution >= 4 is 11.3 Å². The van der Waals surface area contributed by atoms with E-state index in [1.807, 2.05) is 32.3 Å². The molecule has 1 atom stereocenters. The number of phenolic OH excluding ortho intramolecular Hbond substituents is 1. The molecule has 4 nitrogen and oxygen atoms in total. The average molecular weight is 278 g/mol. The van der Waals surface area contributed by atoms with Gasteiger partial charge in [0.25, 0.3) is 0 Å². The minimum absolute atomic E-state index is 0.158. The monoisotopic (exact) mass is 278 g/mol. The predicted molar refractivity (Wildman–Crippen MR) is 77.9 cm³/mol. The van der Waals surface area contributed by atoms with Gasteiger partial charge in [-0.3, -0.25) is 0 Å². The summed E-state index contributed by atoms with van der Waals surface area (Å²) in [6, 6.07) is 5.61. The fourth-order valence-electron chi connectivity index (χ4n) is 1.68. The van der Waals surface area contributed by atoms with Gasteiger partial charge in [0.1, 0.15) is 5.01 Å². The Kier molecular flexibility index (Phi) is 4.39. The second-order valence-corrected chi connectivity index (χ2v) is 5.26. The highest BCUT2D eigenvalue weighted by Crippen LogP contribution is 2.34. The molecule has 0 saturated carbocycles. The second kappa shape index (κ2) is 6.04. The summed E-state index contributed by atoms with van der Waals surface area (Å²) in [5.74, 6) is 0.657. The van der Waals surface area contributed by atoms with Gasteiger partial charge in [-0.25, -0.2) is 4.98 Å². The van der Waals surface area contributed by atoms with E-state index in [1.165, 1.54) is 4.88 Å². The lowest BCUT2D eigenvalue weighted by Gasteiger charge is -2.07. The third-order valence-corrected chi connectivity index (χ3v) is 4.12. The Morgan fingerprint density at radius 2 is 2.26 bits per heavy atom. The maximum Gasteiger partial charge on any atom is 0.161 e. The van der Waals surface area contributed by atoms with Crippen LogP contribution in [0, 0.1) is 0 Å². The van der Waals surface area contributed by atoms with E-state index in [9.17, 15) is 5.11 Å². The van der Waals surface area contributed by atoms with Crippen LogP contribution in [0.15, 0.2) is 24.4 Å². The van der Waals surface area contributed by atoms with E-state index < -0.39 is 0 Å². The molecule has 1 heterocycles. The van der Waals surface area contributed by atoms with Crippen LogP contribution >= 0.6 is 11.3 Å². The molecule has 2 rings (SSSR count). The maximum absolute atomic E-state index is 9.69. The van der Waals surface area contributed by atoms with E-state index in [0.29, 0.717) is 12.4 Å². The molecule has 5 heteroatoms. The summed E-state index contributed by atoms with van der Waals surface area (Å²) < 4.78 is 5.39. The number of thiazole rings is 1. The Hall–Kier alpha value is -1.59. The average Bonchev–Trinajstić information content (AvgIpc) is 2.90. The van der Waals surface area contributed by atoms with Gasteiger partial charge in [-0.2, -0.15) is 0 Å². The number of benzene rings is 1. The first kappa shape index (κ1) is 13.8. The Balaban J connectivity index is 2.31. The van der Waals surface area contributed by atoms with Gasteiger partial charge in [-0.1, -0.05) is 0 Å². The molecule has 0 saturated heterocycles. The number of rotatable bonds is 5. The van der Waals surface area contributed by atoms with Gasteiger partial charge in [-0.15, -0.1) is 11.3 Å². The molecule has 2 aromatic rings. The van der Waals surface area contributed by atoms with Crippen molar-refractivity contribution in [3.8, 4) is 22.1 Å². The Labute approximate surface area is 117 Å².